The second-order valence-electron chi connectivity index (χ2n) is 13.7. The molecule has 268 valence electrons. The highest BCUT2D eigenvalue weighted by Gasteiger charge is 2.18. The van der Waals surface area contributed by atoms with Gasteiger partial charge in [0.05, 0.1) is 19.8 Å². The molecule has 0 fully saturated rings. The number of nitrogens with zero attached hydrogens (tertiary/aromatic N) is 1. The van der Waals surface area contributed by atoms with E-state index in [0.29, 0.717) is 38.4 Å². The first-order chi connectivity index (χ1) is 22.1. The fraction of sp³-hybridized carbons (Fsp3) is 0.950. The first-order valence-electron chi connectivity index (χ1n) is 20.1. The van der Waals surface area contributed by atoms with E-state index in [0.717, 1.165) is 51.5 Å². The molecule has 0 aromatic carbocycles. The predicted molar refractivity (Wildman–Crippen MR) is 194 cm³/mol. The number of rotatable bonds is 37. The summed E-state index contributed by atoms with van der Waals surface area (Å²) in [5.41, 5.74) is 0. The lowest BCUT2D eigenvalue weighted by Gasteiger charge is -2.23. The zero-order chi connectivity index (χ0) is 33.1. The van der Waals surface area contributed by atoms with Gasteiger partial charge in [-0.25, -0.2) is 0 Å². The maximum absolute atomic E-state index is 13.2. The van der Waals surface area contributed by atoms with Crippen LogP contribution in [-0.4, -0.2) is 54.6 Å². The Hall–Kier alpha value is -0.940. The van der Waals surface area contributed by atoms with Gasteiger partial charge < -0.3 is 14.7 Å². The number of unbranched alkanes of at least 4 members (excludes halogenated alkanes) is 21. The second-order valence-corrected chi connectivity index (χ2v) is 13.7. The quantitative estimate of drug-likeness (QED) is 0.0688. The molecule has 0 radical (unpaired) electrons. The summed E-state index contributed by atoms with van der Waals surface area (Å²) in [7, 11) is 0. The van der Waals surface area contributed by atoms with Gasteiger partial charge in [-0.05, 0) is 32.1 Å². The van der Waals surface area contributed by atoms with Crippen LogP contribution in [0.1, 0.15) is 207 Å². The molecule has 0 aliphatic carbocycles. The van der Waals surface area contributed by atoms with Crippen molar-refractivity contribution in [1.82, 2.24) is 4.90 Å². The van der Waals surface area contributed by atoms with Crippen LogP contribution in [0.15, 0.2) is 0 Å². The number of hydrogen-bond donors (Lipinski definition) is 1. The minimum atomic E-state index is 0.0132. The van der Waals surface area contributed by atoms with Gasteiger partial charge in [0.2, 0.25) is 5.91 Å². The average molecular weight is 638 g/mol. The Morgan fingerprint density at radius 3 is 1.42 bits per heavy atom. The molecule has 5 nitrogen and oxygen atoms in total. The first kappa shape index (κ1) is 44.1. The lowest BCUT2D eigenvalue weighted by atomic mass is 9.88. The van der Waals surface area contributed by atoms with Crippen LogP contribution in [-0.2, 0) is 14.3 Å². The number of aliphatic hydroxyl groups excluding tert-OH is 1. The van der Waals surface area contributed by atoms with Crippen LogP contribution in [0.5, 0.6) is 0 Å². The minimum absolute atomic E-state index is 0.0132. The number of carbonyl (C=O) groups is 2. The van der Waals surface area contributed by atoms with Gasteiger partial charge in [0, 0.05) is 31.8 Å². The van der Waals surface area contributed by atoms with Gasteiger partial charge in [-0.2, -0.15) is 0 Å². The van der Waals surface area contributed by atoms with E-state index in [2.05, 4.69) is 20.8 Å². The van der Waals surface area contributed by atoms with Crippen molar-refractivity contribution < 1.29 is 19.4 Å². The maximum Gasteiger partial charge on any atom is 0.222 e. The van der Waals surface area contributed by atoms with Crippen molar-refractivity contribution in [2.24, 2.45) is 5.92 Å². The molecule has 0 saturated carbocycles. The van der Waals surface area contributed by atoms with E-state index < -0.39 is 0 Å². The molecular formula is C40H79NO4. The van der Waals surface area contributed by atoms with Gasteiger partial charge in [-0.3, -0.25) is 9.59 Å². The van der Waals surface area contributed by atoms with Crippen LogP contribution in [0.4, 0.5) is 0 Å². The van der Waals surface area contributed by atoms with Gasteiger partial charge in [0.15, 0.2) is 0 Å². The summed E-state index contributed by atoms with van der Waals surface area (Å²) in [6.45, 7) is 8.92. The summed E-state index contributed by atoms with van der Waals surface area (Å²) in [4.78, 5) is 28.2. The number of hydrogen-bond acceptors (Lipinski definition) is 4. The van der Waals surface area contributed by atoms with Gasteiger partial charge in [0.25, 0.3) is 0 Å². The van der Waals surface area contributed by atoms with Crippen molar-refractivity contribution in [3.8, 4) is 0 Å². The summed E-state index contributed by atoms with van der Waals surface area (Å²) >= 11 is 0. The Bertz CT molecular complexity index is 625. The summed E-state index contributed by atoms with van der Waals surface area (Å²) in [5.74, 6) is 0.975. The van der Waals surface area contributed by atoms with Crippen molar-refractivity contribution in [1.29, 1.82) is 0 Å². The second kappa shape index (κ2) is 35.9. The molecule has 45 heavy (non-hydrogen) atoms. The molecule has 0 bridgehead atoms. The highest BCUT2D eigenvalue weighted by atomic mass is 16.5. The van der Waals surface area contributed by atoms with E-state index in [9.17, 15) is 9.59 Å². The third-order valence-electron chi connectivity index (χ3n) is 9.46. The fourth-order valence-electron chi connectivity index (χ4n) is 6.42. The first-order valence-corrected chi connectivity index (χ1v) is 20.1. The Morgan fingerprint density at radius 2 is 0.933 bits per heavy atom. The van der Waals surface area contributed by atoms with Gasteiger partial charge >= 0.3 is 0 Å². The topological polar surface area (TPSA) is 66.8 Å². The van der Waals surface area contributed by atoms with Gasteiger partial charge in [-0.1, -0.05) is 162 Å². The molecule has 5 heteroatoms. The summed E-state index contributed by atoms with van der Waals surface area (Å²) < 4.78 is 5.48. The normalized spacial score (nSPS) is 12.1. The number of ketones is 1. The molecular weight excluding hydrogens is 558 g/mol. The van der Waals surface area contributed by atoms with Crippen LogP contribution >= 0.6 is 0 Å². The molecule has 0 aromatic rings. The predicted octanol–water partition coefficient (Wildman–Crippen LogP) is 11.4. The van der Waals surface area contributed by atoms with E-state index in [1.165, 1.54) is 128 Å². The lowest BCUT2D eigenvalue weighted by molar-refractivity contribution is -0.132. The molecule has 0 spiro atoms. The minimum Gasteiger partial charge on any atom is -0.394 e. The van der Waals surface area contributed by atoms with Gasteiger partial charge in [0.1, 0.15) is 5.78 Å². The highest BCUT2D eigenvalue weighted by Crippen LogP contribution is 2.22. The Labute approximate surface area is 281 Å². The fourth-order valence-corrected chi connectivity index (χ4v) is 6.42. The standard InChI is InChI=1S/C40H79NO4/c1-4-7-10-13-15-16-17-18-19-22-27-32-40(44)41(34-36-45-37-35-42)33-28-23-26-31-39(43)38(29-24-20-12-9-6-3)30-25-21-14-11-8-5-2/h38,42H,4-37H2,1-3H3. The molecule has 1 N–H and O–H groups in total. The highest BCUT2D eigenvalue weighted by molar-refractivity contribution is 5.80. The van der Waals surface area contributed by atoms with Crippen LogP contribution in [0.3, 0.4) is 0 Å². The average Bonchev–Trinajstić information content (AvgIpc) is 3.04. The molecule has 0 heterocycles. The van der Waals surface area contributed by atoms with Crippen molar-refractivity contribution >= 4 is 11.7 Å². The number of ether oxygens (including phenoxy) is 1. The van der Waals surface area contributed by atoms with E-state index in [1.54, 1.807) is 0 Å². The zero-order valence-electron chi connectivity index (χ0n) is 30.7. The smallest absolute Gasteiger partial charge is 0.222 e. The zero-order valence-corrected chi connectivity index (χ0v) is 30.7. The summed E-state index contributed by atoms with van der Waals surface area (Å²) in [6, 6.07) is 0. The van der Waals surface area contributed by atoms with Crippen LogP contribution < -0.4 is 0 Å². The van der Waals surface area contributed by atoms with Crippen LogP contribution in [0.2, 0.25) is 0 Å². The number of aliphatic hydroxyl groups is 1. The van der Waals surface area contributed by atoms with Gasteiger partial charge in [-0.15, -0.1) is 0 Å². The maximum atomic E-state index is 13.2. The molecule has 1 amide bonds. The van der Waals surface area contributed by atoms with Crippen molar-refractivity contribution in [2.75, 3.05) is 32.9 Å². The monoisotopic (exact) mass is 638 g/mol. The van der Waals surface area contributed by atoms with E-state index in [4.69, 9.17) is 9.84 Å². The number of carbonyl (C=O) groups excluding carboxylic acids is 2. The van der Waals surface area contributed by atoms with Crippen molar-refractivity contribution in [2.45, 2.75) is 207 Å². The third kappa shape index (κ3) is 30.2. The molecule has 0 aliphatic rings. The third-order valence-corrected chi connectivity index (χ3v) is 9.46. The summed E-state index contributed by atoms with van der Waals surface area (Å²) in [5, 5.41) is 9.03. The molecule has 0 rings (SSSR count). The van der Waals surface area contributed by atoms with Crippen molar-refractivity contribution in [3.05, 3.63) is 0 Å². The molecule has 0 aliphatic heterocycles. The van der Waals surface area contributed by atoms with E-state index in [-0.39, 0.29) is 18.4 Å². The summed E-state index contributed by atoms with van der Waals surface area (Å²) in [6.07, 6.45) is 34.5. The molecule has 0 aromatic heterocycles. The van der Waals surface area contributed by atoms with Crippen LogP contribution in [0, 0.1) is 5.92 Å². The van der Waals surface area contributed by atoms with E-state index >= 15 is 0 Å². The van der Waals surface area contributed by atoms with E-state index in [1.807, 2.05) is 4.90 Å². The molecule has 0 saturated heterocycles. The largest absolute Gasteiger partial charge is 0.394 e. The lowest BCUT2D eigenvalue weighted by Crippen LogP contribution is -2.35. The molecule has 1 atom stereocenters. The SMILES string of the molecule is CCCCCCCCCCCCCC(=O)N(CCCCCC(=O)C(CCCCCCC)CCCCCCCC)CCOCCO. The Kier molecular flexibility index (Phi) is 35.2. The Morgan fingerprint density at radius 1 is 0.511 bits per heavy atom. The van der Waals surface area contributed by atoms with Crippen molar-refractivity contribution in [3.63, 3.8) is 0 Å². The van der Waals surface area contributed by atoms with Crippen LogP contribution in [0.25, 0.3) is 0 Å². The Balaban J connectivity index is 4.42. The molecule has 1 unspecified atom stereocenters. The number of Topliss-reactive ketones (excluding diaryl/α,β-unsaturated/α-hetero) is 1. The number of amides is 1.